The molecule has 0 aromatic carbocycles. The molecule has 2 fully saturated rings. The molecule has 0 radical (unpaired) electrons. The minimum Gasteiger partial charge on any atom is -0.350 e. The Kier molecular flexibility index (Phi) is 2.44. The fourth-order valence-electron chi connectivity index (χ4n) is 3.07. The van der Waals surface area contributed by atoms with E-state index in [0.29, 0.717) is 0 Å². The van der Waals surface area contributed by atoms with Gasteiger partial charge in [0.25, 0.3) is 0 Å². The molecule has 78 valence electrons. The van der Waals surface area contributed by atoms with Crippen molar-refractivity contribution < 1.29 is 4.79 Å². The maximum absolute atomic E-state index is 10.5. The van der Waals surface area contributed by atoms with E-state index in [1.54, 1.807) is 0 Å². The van der Waals surface area contributed by atoms with Crippen molar-refractivity contribution in [3.63, 3.8) is 0 Å². The number of carbonyl (C=O) groups is 1. The highest BCUT2D eigenvalue weighted by molar-refractivity contribution is 5.74. The highest BCUT2D eigenvalue weighted by Crippen LogP contribution is 2.52. The van der Waals surface area contributed by atoms with Crippen LogP contribution >= 0.6 is 0 Å². The Morgan fingerprint density at radius 3 is 2.64 bits per heavy atom. The van der Waals surface area contributed by atoms with Gasteiger partial charge in [-0.25, -0.2) is 10.2 Å². The summed E-state index contributed by atoms with van der Waals surface area (Å²) in [5.41, 5.74) is 7.52. The molecule has 3 N–H and O–H groups in total. The number of hydrogen-bond acceptors (Lipinski definition) is 2. The van der Waals surface area contributed by atoms with Crippen LogP contribution < -0.4 is 11.2 Å². The summed E-state index contributed by atoms with van der Waals surface area (Å²) in [4.78, 5) is 10.5. The second-order valence-electron chi connectivity index (χ2n) is 4.45. The summed E-state index contributed by atoms with van der Waals surface area (Å²) in [5, 5.41) is 3.94. The van der Waals surface area contributed by atoms with Crippen molar-refractivity contribution in [2.24, 2.45) is 22.2 Å². The number of nitrogens with two attached hydrogens (primary N) is 1. The smallest absolute Gasteiger partial charge is 0.332 e. The number of amides is 2. The van der Waals surface area contributed by atoms with Gasteiger partial charge in [-0.2, -0.15) is 5.10 Å². The first-order valence-corrected chi connectivity index (χ1v) is 5.33. The van der Waals surface area contributed by atoms with E-state index < -0.39 is 6.03 Å². The van der Waals surface area contributed by atoms with Gasteiger partial charge in [-0.15, -0.1) is 0 Å². The van der Waals surface area contributed by atoms with Crippen molar-refractivity contribution in [1.29, 1.82) is 0 Å². The van der Waals surface area contributed by atoms with Crippen LogP contribution in [0, 0.1) is 11.3 Å². The highest BCUT2D eigenvalue weighted by Gasteiger charge is 2.44. The molecule has 14 heavy (non-hydrogen) atoms. The molecule has 0 bridgehead atoms. The predicted octanol–water partition coefficient (Wildman–Crippen LogP) is 1.61. The van der Waals surface area contributed by atoms with Crippen molar-refractivity contribution >= 4 is 12.2 Å². The van der Waals surface area contributed by atoms with Gasteiger partial charge < -0.3 is 5.73 Å². The molecular formula is C10H17N3O. The van der Waals surface area contributed by atoms with Gasteiger partial charge in [-0.1, -0.05) is 12.8 Å². The number of primary amides is 1. The topological polar surface area (TPSA) is 67.5 Å². The lowest BCUT2D eigenvalue weighted by molar-refractivity contribution is 0.249. The van der Waals surface area contributed by atoms with E-state index in [1.807, 2.05) is 6.21 Å². The lowest BCUT2D eigenvalue weighted by Crippen LogP contribution is -2.28. The van der Waals surface area contributed by atoms with Crippen molar-refractivity contribution in [1.82, 2.24) is 5.43 Å². The third-order valence-corrected chi connectivity index (χ3v) is 3.70. The summed E-state index contributed by atoms with van der Waals surface area (Å²) < 4.78 is 0. The lowest BCUT2D eigenvalue weighted by atomic mass is 9.82. The molecule has 0 unspecified atom stereocenters. The zero-order chi connectivity index (χ0) is 10.0. The summed E-state index contributed by atoms with van der Waals surface area (Å²) in [6.45, 7) is 0. The molecule has 0 spiro atoms. The van der Waals surface area contributed by atoms with Crippen molar-refractivity contribution in [3.05, 3.63) is 0 Å². The van der Waals surface area contributed by atoms with E-state index in [9.17, 15) is 4.79 Å². The molecule has 0 aromatic rings. The van der Waals surface area contributed by atoms with Crippen molar-refractivity contribution in [2.75, 3.05) is 0 Å². The SMILES string of the molecule is NC(=O)N/N=C/C12CCCC1CCC2. The van der Waals surface area contributed by atoms with Crippen LogP contribution in [0.4, 0.5) is 4.79 Å². The van der Waals surface area contributed by atoms with Gasteiger partial charge in [0.05, 0.1) is 0 Å². The third-order valence-electron chi connectivity index (χ3n) is 3.70. The molecule has 0 aliphatic heterocycles. The van der Waals surface area contributed by atoms with Crippen molar-refractivity contribution in [2.45, 2.75) is 38.5 Å². The quantitative estimate of drug-likeness (QED) is 0.510. The molecule has 2 rings (SSSR count). The second-order valence-corrected chi connectivity index (χ2v) is 4.45. The van der Waals surface area contributed by atoms with Crippen LogP contribution in [0.25, 0.3) is 0 Å². The van der Waals surface area contributed by atoms with Crippen molar-refractivity contribution in [3.8, 4) is 0 Å². The largest absolute Gasteiger partial charge is 0.350 e. The number of nitrogens with one attached hydrogen (secondary N) is 1. The van der Waals surface area contributed by atoms with Crippen LogP contribution in [0.1, 0.15) is 38.5 Å². The molecule has 4 nitrogen and oxygen atoms in total. The first-order valence-electron chi connectivity index (χ1n) is 5.33. The Labute approximate surface area is 83.9 Å². The van der Waals surface area contributed by atoms with Crippen LogP contribution in [0.3, 0.4) is 0 Å². The van der Waals surface area contributed by atoms with E-state index in [4.69, 9.17) is 5.73 Å². The van der Waals surface area contributed by atoms with Gasteiger partial charge in [-0.05, 0) is 31.6 Å². The normalized spacial score (nSPS) is 36.1. The molecule has 0 saturated heterocycles. The average molecular weight is 195 g/mol. The monoisotopic (exact) mass is 195 g/mol. The van der Waals surface area contributed by atoms with Crippen LogP contribution in [0.5, 0.6) is 0 Å². The molecular weight excluding hydrogens is 178 g/mol. The van der Waals surface area contributed by atoms with Crippen LogP contribution in [0.2, 0.25) is 0 Å². The summed E-state index contributed by atoms with van der Waals surface area (Å²) in [6, 6.07) is -0.579. The van der Waals surface area contributed by atoms with Gasteiger partial charge >= 0.3 is 6.03 Å². The minimum atomic E-state index is -0.579. The second kappa shape index (κ2) is 3.59. The molecule has 0 aromatic heterocycles. The summed E-state index contributed by atoms with van der Waals surface area (Å²) in [5.74, 6) is 0.793. The number of nitrogens with zero attached hydrogens (tertiary/aromatic N) is 1. The Hall–Kier alpha value is -1.06. The van der Waals surface area contributed by atoms with E-state index >= 15 is 0 Å². The minimum absolute atomic E-state index is 0.280. The van der Waals surface area contributed by atoms with Gasteiger partial charge in [0.15, 0.2) is 0 Å². The fraction of sp³-hybridized carbons (Fsp3) is 0.800. The summed E-state index contributed by atoms with van der Waals surface area (Å²) >= 11 is 0. The number of rotatable bonds is 2. The van der Waals surface area contributed by atoms with Crippen LogP contribution in [0.15, 0.2) is 5.10 Å². The Balaban J connectivity index is 2.00. The fourth-order valence-corrected chi connectivity index (χ4v) is 3.07. The molecule has 2 amide bonds. The van der Waals surface area contributed by atoms with E-state index in [-0.39, 0.29) is 5.41 Å². The third kappa shape index (κ3) is 1.61. The summed E-state index contributed by atoms with van der Waals surface area (Å²) in [6.07, 6.45) is 9.62. The zero-order valence-corrected chi connectivity index (χ0v) is 8.33. The average Bonchev–Trinajstić information content (AvgIpc) is 2.61. The Morgan fingerprint density at radius 2 is 2.07 bits per heavy atom. The standard InChI is InChI=1S/C10H17N3O/c11-9(14)13-12-7-10-5-1-3-8(10)4-2-6-10/h7-8H,1-6H2,(H3,11,13,14)/b12-7+. The molecule has 0 heterocycles. The van der Waals surface area contributed by atoms with Crippen LogP contribution in [-0.4, -0.2) is 12.2 Å². The Morgan fingerprint density at radius 1 is 1.43 bits per heavy atom. The zero-order valence-electron chi connectivity index (χ0n) is 8.33. The number of hydrazone groups is 1. The Bertz CT molecular complexity index is 252. The lowest BCUT2D eigenvalue weighted by Gasteiger charge is -2.23. The predicted molar refractivity (Wildman–Crippen MR) is 54.8 cm³/mol. The van der Waals surface area contributed by atoms with Crippen LogP contribution in [-0.2, 0) is 0 Å². The molecule has 0 atom stereocenters. The highest BCUT2D eigenvalue weighted by atomic mass is 16.2. The first-order chi connectivity index (χ1) is 6.73. The van der Waals surface area contributed by atoms with Gasteiger partial charge in [0.2, 0.25) is 0 Å². The van der Waals surface area contributed by atoms with Gasteiger partial charge in [0.1, 0.15) is 0 Å². The molecule has 2 aliphatic carbocycles. The molecule has 4 heteroatoms. The maximum Gasteiger partial charge on any atom is 0.332 e. The molecule has 2 saturated carbocycles. The number of urea groups is 1. The van der Waals surface area contributed by atoms with E-state index in [2.05, 4.69) is 10.5 Å². The van der Waals surface area contributed by atoms with E-state index in [1.165, 1.54) is 38.5 Å². The number of hydrogen-bond donors (Lipinski definition) is 2. The van der Waals surface area contributed by atoms with E-state index in [0.717, 1.165) is 5.92 Å². The summed E-state index contributed by atoms with van der Waals surface area (Å²) in [7, 11) is 0. The maximum atomic E-state index is 10.5. The van der Waals surface area contributed by atoms with Gasteiger partial charge in [0, 0.05) is 11.6 Å². The molecule has 2 aliphatic rings. The van der Waals surface area contributed by atoms with Gasteiger partial charge in [-0.3, -0.25) is 0 Å². The first kappa shape index (κ1) is 9.49. The number of fused-ring (bicyclic) bond motifs is 1. The number of carbonyl (C=O) groups excluding carboxylic acids is 1.